The predicted molar refractivity (Wildman–Crippen MR) is 113 cm³/mol. The van der Waals surface area contributed by atoms with E-state index in [0.29, 0.717) is 11.1 Å². The summed E-state index contributed by atoms with van der Waals surface area (Å²) < 4.78 is 0. The zero-order valence-corrected chi connectivity index (χ0v) is 18.6. The third-order valence-electron chi connectivity index (χ3n) is 5.31. The molecule has 0 atom stereocenters. The molecule has 0 saturated carbocycles. The Bertz CT molecular complexity index is 757. The second-order valence-corrected chi connectivity index (χ2v) is 10.6. The number of amides is 1. The first kappa shape index (κ1) is 22.4. The summed E-state index contributed by atoms with van der Waals surface area (Å²) in [6, 6.07) is 3.42. The molecule has 1 aromatic rings. The van der Waals surface area contributed by atoms with Crippen LogP contribution in [0.15, 0.2) is 12.1 Å². The van der Waals surface area contributed by atoms with Crippen molar-refractivity contribution < 1.29 is 14.7 Å². The minimum absolute atomic E-state index is 0.0400. The van der Waals surface area contributed by atoms with E-state index < -0.39 is 0 Å². The van der Waals surface area contributed by atoms with E-state index in [9.17, 15) is 14.7 Å². The van der Waals surface area contributed by atoms with Gasteiger partial charge in [-0.1, -0.05) is 20.8 Å². The minimum Gasteiger partial charge on any atom is -0.507 e. The van der Waals surface area contributed by atoms with Gasteiger partial charge in [0, 0.05) is 28.2 Å². The highest BCUT2D eigenvalue weighted by molar-refractivity contribution is 6.07. The summed E-state index contributed by atoms with van der Waals surface area (Å²) in [4.78, 5) is 25.3. The number of benzene rings is 1. The molecule has 3 N–H and O–H groups in total. The number of phenols is 1. The first-order valence-corrected chi connectivity index (χ1v) is 10.1. The molecule has 1 fully saturated rings. The van der Waals surface area contributed by atoms with Crippen molar-refractivity contribution in [3.05, 3.63) is 28.8 Å². The molecule has 0 spiro atoms. The van der Waals surface area contributed by atoms with Crippen molar-refractivity contribution >= 4 is 11.7 Å². The highest BCUT2D eigenvalue weighted by Gasteiger charge is 2.38. The lowest BCUT2D eigenvalue weighted by atomic mass is 9.79. The molecule has 1 aliphatic heterocycles. The van der Waals surface area contributed by atoms with Gasteiger partial charge in [-0.25, -0.2) is 0 Å². The van der Waals surface area contributed by atoms with Gasteiger partial charge in [-0.2, -0.15) is 0 Å². The van der Waals surface area contributed by atoms with Crippen molar-refractivity contribution in [1.29, 1.82) is 0 Å². The van der Waals surface area contributed by atoms with Gasteiger partial charge in [0.05, 0.1) is 6.42 Å². The van der Waals surface area contributed by atoms with E-state index in [1.165, 1.54) is 0 Å². The van der Waals surface area contributed by atoms with Gasteiger partial charge in [0.25, 0.3) is 0 Å². The molecule has 0 aliphatic carbocycles. The third kappa shape index (κ3) is 5.57. The molecule has 1 saturated heterocycles. The third-order valence-corrected chi connectivity index (χ3v) is 5.31. The van der Waals surface area contributed by atoms with Gasteiger partial charge in [0.15, 0.2) is 5.78 Å². The zero-order valence-electron chi connectivity index (χ0n) is 18.6. The minimum atomic E-state index is -0.292. The average Bonchev–Trinajstić information content (AvgIpc) is 2.44. The average molecular weight is 389 g/mol. The summed E-state index contributed by atoms with van der Waals surface area (Å²) in [6.07, 6.45) is 1.46. The lowest BCUT2D eigenvalue weighted by Gasteiger charge is -2.46. The number of hydrogen-bond acceptors (Lipinski definition) is 4. The second kappa shape index (κ2) is 7.51. The number of aromatic hydroxyl groups is 1. The van der Waals surface area contributed by atoms with Crippen LogP contribution in [0.5, 0.6) is 5.75 Å². The Kier molecular flexibility index (Phi) is 6.01. The monoisotopic (exact) mass is 388 g/mol. The van der Waals surface area contributed by atoms with Gasteiger partial charge in [-0.3, -0.25) is 9.59 Å². The fourth-order valence-corrected chi connectivity index (χ4v) is 4.46. The van der Waals surface area contributed by atoms with Gasteiger partial charge in [0.1, 0.15) is 5.75 Å². The molecule has 5 heteroatoms. The maximum absolute atomic E-state index is 12.7. The van der Waals surface area contributed by atoms with Crippen LogP contribution in [0.25, 0.3) is 0 Å². The van der Waals surface area contributed by atoms with Crippen LogP contribution < -0.4 is 10.6 Å². The quantitative estimate of drug-likeness (QED) is 0.538. The molecule has 156 valence electrons. The number of Topliss-reactive ketones (excluding diaryl/α,β-unsaturated/α-hetero) is 1. The van der Waals surface area contributed by atoms with E-state index in [1.807, 2.05) is 20.8 Å². The van der Waals surface area contributed by atoms with Crippen LogP contribution >= 0.6 is 0 Å². The number of nitrogens with one attached hydrogen (secondary N) is 2. The summed E-state index contributed by atoms with van der Waals surface area (Å²) in [6.45, 7) is 16.3. The highest BCUT2D eigenvalue weighted by Crippen LogP contribution is 2.34. The molecule has 0 bridgehead atoms. The van der Waals surface area contributed by atoms with Crippen LogP contribution in [0.2, 0.25) is 0 Å². The Morgan fingerprint density at radius 3 is 2.18 bits per heavy atom. The first-order chi connectivity index (χ1) is 12.6. The Hall–Kier alpha value is -1.88. The number of hydrogen-bond donors (Lipinski definition) is 3. The van der Waals surface area contributed by atoms with Crippen LogP contribution in [0.1, 0.15) is 89.2 Å². The fraction of sp³-hybridized carbons (Fsp3) is 0.652. The lowest BCUT2D eigenvalue weighted by Crippen LogP contribution is -2.62. The normalized spacial score (nSPS) is 19.3. The Labute approximate surface area is 169 Å². The van der Waals surface area contributed by atoms with Crippen molar-refractivity contribution in [1.82, 2.24) is 10.6 Å². The van der Waals surface area contributed by atoms with E-state index in [4.69, 9.17) is 0 Å². The largest absolute Gasteiger partial charge is 0.507 e. The zero-order chi connectivity index (χ0) is 21.5. The van der Waals surface area contributed by atoms with Crippen LogP contribution in [0.4, 0.5) is 0 Å². The summed E-state index contributed by atoms with van der Waals surface area (Å²) in [5.74, 6) is -0.252. The van der Waals surface area contributed by atoms with Crippen molar-refractivity contribution in [2.24, 2.45) is 0 Å². The van der Waals surface area contributed by atoms with Crippen LogP contribution in [-0.2, 0) is 10.2 Å². The number of phenolic OH excluding ortho intramolecular Hbond substituents is 1. The predicted octanol–water partition coefficient (Wildman–Crippen LogP) is 4.00. The number of piperidine rings is 1. The molecule has 1 aliphatic rings. The SMILES string of the molecule is Cc1cc(C(=O)CC(=O)NC2CC(C)(C)NC(C)(C)C2)cc(C(C)(C)C)c1O. The van der Waals surface area contributed by atoms with E-state index in [2.05, 4.69) is 38.3 Å². The molecule has 1 heterocycles. The smallest absolute Gasteiger partial charge is 0.228 e. The molecular formula is C23H36N2O3. The van der Waals surface area contributed by atoms with E-state index >= 15 is 0 Å². The van der Waals surface area contributed by atoms with Crippen LogP contribution in [0, 0.1) is 6.92 Å². The van der Waals surface area contributed by atoms with E-state index in [0.717, 1.165) is 18.4 Å². The van der Waals surface area contributed by atoms with Crippen LogP contribution in [-0.4, -0.2) is 33.9 Å². The van der Waals surface area contributed by atoms with Crippen LogP contribution in [0.3, 0.4) is 0 Å². The van der Waals surface area contributed by atoms with Gasteiger partial charge in [0.2, 0.25) is 5.91 Å². The summed E-state index contributed by atoms with van der Waals surface area (Å²) in [7, 11) is 0. The number of ketones is 1. The summed E-state index contributed by atoms with van der Waals surface area (Å²) >= 11 is 0. The fourth-order valence-electron chi connectivity index (χ4n) is 4.46. The number of rotatable bonds is 4. The van der Waals surface area contributed by atoms with Crippen molar-refractivity contribution in [2.45, 2.75) is 97.2 Å². The highest BCUT2D eigenvalue weighted by atomic mass is 16.3. The molecule has 0 aromatic heterocycles. The number of carbonyl (C=O) groups is 2. The maximum Gasteiger partial charge on any atom is 0.228 e. The Morgan fingerprint density at radius 1 is 1.14 bits per heavy atom. The summed E-state index contributed by atoms with van der Waals surface area (Å²) in [5, 5.41) is 17.0. The van der Waals surface area contributed by atoms with Crippen molar-refractivity contribution in [2.75, 3.05) is 0 Å². The van der Waals surface area contributed by atoms with E-state index in [1.54, 1.807) is 19.1 Å². The standard InChI is InChI=1S/C23H36N2O3/c1-14-9-15(10-17(20(14)28)21(2,3)4)18(26)11-19(27)24-16-12-22(5,6)25-23(7,8)13-16/h9-10,16,25,28H,11-13H2,1-8H3,(H,24,27). The molecule has 28 heavy (non-hydrogen) atoms. The molecule has 0 radical (unpaired) electrons. The van der Waals surface area contributed by atoms with Gasteiger partial charge >= 0.3 is 0 Å². The van der Waals surface area contributed by atoms with Crippen molar-refractivity contribution in [3.63, 3.8) is 0 Å². The lowest BCUT2D eigenvalue weighted by molar-refractivity contribution is -0.121. The van der Waals surface area contributed by atoms with Gasteiger partial charge < -0.3 is 15.7 Å². The summed E-state index contributed by atoms with van der Waals surface area (Å²) in [5.41, 5.74) is 1.41. The molecule has 2 rings (SSSR count). The number of aryl methyl sites for hydroxylation is 1. The molecule has 1 amide bonds. The second-order valence-electron chi connectivity index (χ2n) is 10.6. The van der Waals surface area contributed by atoms with E-state index in [-0.39, 0.29) is 46.4 Å². The molecular weight excluding hydrogens is 352 g/mol. The molecule has 1 aromatic carbocycles. The topological polar surface area (TPSA) is 78.4 Å². The number of carbonyl (C=O) groups excluding carboxylic acids is 2. The Balaban J connectivity index is 2.11. The molecule has 5 nitrogen and oxygen atoms in total. The molecule has 0 unspecified atom stereocenters. The van der Waals surface area contributed by atoms with Gasteiger partial charge in [-0.05, 0) is 70.6 Å². The maximum atomic E-state index is 12.7. The Morgan fingerprint density at radius 2 is 1.68 bits per heavy atom. The van der Waals surface area contributed by atoms with Gasteiger partial charge in [-0.15, -0.1) is 0 Å². The first-order valence-electron chi connectivity index (χ1n) is 10.1. The van der Waals surface area contributed by atoms with Crippen molar-refractivity contribution in [3.8, 4) is 5.75 Å².